The number of carbonyl (C=O) groups excluding carboxylic acids is 1. The molecule has 34 heavy (non-hydrogen) atoms. The van der Waals surface area contributed by atoms with Gasteiger partial charge in [0.05, 0.1) is 14.2 Å². The maximum absolute atomic E-state index is 14.0. The maximum atomic E-state index is 14.0. The van der Waals surface area contributed by atoms with E-state index in [1.165, 1.54) is 18.1 Å². The highest BCUT2D eigenvalue weighted by molar-refractivity contribution is 5.93. The number of nitrogens with one attached hydrogen (secondary N) is 1. The number of aromatic amines is 1. The van der Waals surface area contributed by atoms with E-state index in [2.05, 4.69) is 40.2 Å². The summed E-state index contributed by atoms with van der Waals surface area (Å²) in [6.07, 6.45) is 3.85. The van der Waals surface area contributed by atoms with Crippen molar-refractivity contribution in [2.24, 2.45) is 5.92 Å². The molecule has 5 rings (SSSR count). The van der Waals surface area contributed by atoms with E-state index in [-0.39, 0.29) is 5.97 Å². The predicted molar refractivity (Wildman–Crippen MR) is 136 cm³/mol. The predicted octanol–water partition coefficient (Wildman–Crippen LogP) is 4.36. The van der Waals surface area contributed by atoms with E-state index in [9.17, 15) is 4.79 Å². The number of methoxy groups -OCH3 is 2. The Bertz CT molecular complexity index is 1200. The number of rotatable bonds is 4. The van der Waals surface area contributed by atoms with Gasteiger partial charge in [-0.05, 0) is 55.8 Å². The van der Waals surface area contributed by atoms with Crippen molar-refractivity contribution in [3.05, 3.63) is 59.3 Å². The number of benzene rings is 2. The fraction of sp³-hybridized carbons (Fsp3) is 0.464. The molecule has 6 nitrogen and oxygen atoms in total. The fourth-order valence-electron chi connectivity index (χ4n) is 6.17. The van der Waals surface area contributed by atoms with E-state index in [0.717, 1.165) is 61.4 Å². The van der Waals surface area contributed by atoms with Gasteiger partial charge in [-0.2, -0.15) is 0 Å². The number of hydrogen-bond donors (Lipinski definition) is 1. The highest BCUT2D eigenvalue weighted by Gasteiger charge is 2.50. The lowest BCUT2D eigenvalue weighted by Crippen LogP contribution is -2.44. The lowest BCUT2D eigenvalue weighted by molar-refractivity contribution is -0.147. The fourth-order valence-corrected chi connectivity index (χ4v) is 6.17. The Morgan fingerprint density at radius 3 is 2.74 bits per heavy atom. The molecule has 1 saturated heterocycles. The highest BCUT2D eigenvalue weighted by Crippen LogP contribution is 2.48. The third-order valence-corrected chi connectivity index (χ3v) is 7.81. The Morgan fingerprint density at radius 1 is 1.15 bits per heavy atom. The topological polar surface area (TPSA) is 57.8 Å². The van der Waals surface area contributed by atoms with Crippen LogP contribution >= 0.6 is 0 Å². The van der Waals surface area contributed by atoms with Gasteiger partial charge in [0, 0.05) is 61.1 Å². The zero-order valence-electron chi connectivity index (χ0n) is 20.7. The van der Waals surface area contributed by atoms with Gasteiger partial charge in [0.15, 0.2) is 0 Å². The summed E-state index contributed by atoms with van der Waals surface area (Å²) in [4.78, 5) is 22.3. The normalized spacial score (nSPS) is 24.5. The van der Waals surface area contributed by atoms with E-state index < -0.39 is 5.41 Å². The molecule has 3 atom stereocenters. The van der Waals surface area contributed by atoms with E-state index in [1.54, 1.807) is 7.11 Å². The van der Waals surface area contributed by atoms with Gasteiger partial charge in [-0.3, -0.25) is 4.79 Å². The van der Waals surface area contributed by atoms with Crippen molar-refractivity contribution in [1.82, 2.24) is 9.88 Å². The van der Waals surface area contributed by atoms with E-state index >= 15 is 0 Å². The number of nitrogens with zero attached hydrogens (tertiary/aromatic N) is 2. The zero-order chi connectivity index (χ0) is 23.9. The van der Waals surface area contributed by atoms with Crippen LogP contribution in [-0.2, 0) is 21.4 Å². The second-order valence-electron chi connectivity index (χ2n) is 9.96. The first-order valence-corrected chi connectivity index (χ1v) is 12.2. The van der Waals surface area contributed by atoms with Crippen LogP contribution in [0.2, 0.25) is 0 Å². The first-order chi connectivity index (χ1) is 16.5. The molecular formula is C28H35N3O3. The van der Waals surface area contributed by atoms with Crippen molar-refractivity contribution in [3.63, 3.8) is 0 Å². The molecule has 3 heterocycles. The van der Waals surface area contributed by atoms with Gasteiger partial charge in [0.2, 0.25) is 0 Å². The molecule has 2 bridgehead atoms. The summed E-state index contributed by atoms with van der Waals surface area (Å²) in [7, 11) is 7.22. The largest absolute Gasteiger partial charge is 0.496 e. The van der Waals surface area contributed by atoms with Gasteiger partial charge in [0.1, 0.15) is 11.2 Å². The van der Waals surface area contributed by atoms with Crippen molar-refractivity contribution < 1.29 is 14.3 Å². The molecule has 0 spiro atoms. The third kappa shape index (κ3) is 3.65. The minimum Gasteiger partial charge on any atom is -0.496 e. The summed E-state index contributed by atoms with van der Waals surface area (Å²) in [6.45, 7) is 3.14. The SMILES string of the molecule is COC(=O)[C@@]1(c2ccc(N(C)C)cc2OC)C[C@H]2CCCN(CCc3c1[nH]c1ccccc31)C2. The number of anilines is 1. The van der Waals surface area contributed by atoms with Crippen molar-refractivity contribution in [1.29, 1.82) is 0 Å². The molecule has 1 unspecified atom stereocenters. The molecule has 1 N–H and O–H groups in total. The number of H-pyrrole nitrogens is 1. The molecule has 6 heteroatoms. The van der Waals surface area contributed by atoms with Crippen LogP contribution < -0.4 is 9.64 Å². The molecule has 0 amide bonds. The Hall–Kier alpha value is -2.99. The minimum absolute atomic E-state index is 0.227. The molecule has 0 saturated carbocycles. The van der Waals surface area contributed by atoms with Crippen LogP contribution in [0.5, 0.6) is 5.75 Å². The molecule has 2 aliphatic heterocycles. The van der Waals surface area contributed by atoms with Gasteiger partial charge < -0.3 is 24.3 Å². The Kier molecular flexibility index (Phi) is 6.02. The van der Waals surface area contributed by atoms with E-state index in [1.807, 2.05) is 31.1 Å². The summed E-state index contributed by atoms with van der Waals surface area (Å²) in [5.41, 5.74) is 4.17. The quantitative estimate of drug-likeness (QED) is 0.585. The summed E-state index contributed by atoms with van der Waals surface area (Å²) in [6, 6.07) is 14.6. The molecule has 0 aliphatic carbocycles. The summed E-state index contributed by atoms with van der Waals surface area (Å²) in [5.74, 6) is 0.881. The lowest BCUT2D eigenvalue weighted by Gasteiger charge is -2.38. The average molecular weight is 462 g/mol. The van der Waals surface area contributed by atoms with Crippen LogP contribution in [0, 0.1) is 5.92 Å². The first kappa shape index (κ1) is 22.8. The van der Waals surface area contributed by atoms with E-state index in [0.29, 0.717) is 18.1 Å². The molecule has 2 aliphatic rings. The lowest BCUT2D eigenvalue weighted by atomic mass is 9.68. The molecule has 3 aromatic rings. The van der Waals surface area contributed by atoms with Gasteiger partial charge in [0.25, 0.3) is 0 Å². The number of piperidine rings is 1. The van der Waals surface area contributed by atoms with Crippen LogP contribution in [0.3, 0.4) is 0 Å². The number of para-hydroxylation sites is 1. The second kappa shape index (κ2) is 8.99. The Balaban J connectivity index is 1.83. The maximum Gasteiger partial charge on any atom is 0.322 e. The van der Waals surface area contributed by atoms with Crippen molar-refractivity contribution in [3.8, 4) is 5.75 Å². The molecule has 0 radical (unpaired) electrons. The first-order valence-electron chi connectivity index (χ1n) is 12.2. The van der Waals surface area contributed by atoms with Crippen molar-refractivity contribution in [2.45, 2.75) is 31.1 Å². The summed E-state index contributed by atoms with van der Waals surface area (Å²) >= 11 is 0. The van der Waals surface area contributed by atoms with Gasteiger partial charge >= 0.3 is 5.97 Å². The number of fused-ring (bicyclic) bond motifs is 5. The second-order valence-corrected chi connectivity index (χ2v) is 9.96. The summed E-state index contributed by atoms with van der Waals surface area (Å²) < 4.78 is 11.6. The smallest absolute Gasteiger partial charge is 0.322 e. The van der Waals surface area contributed by atoms with Gasteiger partial charge in [-0.1, -0.05) is 24.3 Å². The number of esters is 1. The molecule has 2 aromatic carbocycles. The van der Waals surface area contributed by atoms with Crippen LogP contribution in [-0.4, -0.2) is 63.8 Å². The zero-order valence-corrected chi connectivity index (χ0v) is 20.7. The highest BCUT2D eigenvalue weighted by atomic mass is 16.5. The minimum atomic E-state index is -0.975. The van der Waals surface area contributed by atoms with Crippen LogP contribution in [0.1, 0.15) is 36.1 Å². The van der Waals surface area contributed by atoms with Crippen LogP contribution in [0.25, 0.3) is 10.9 Å². The van der Waals surface area contributed by atoms with Crippen LogP contribution in [0.4, 0.5) is 5.69 Å². The third-order valence-electron chi connectivity index (χ3n) is 7.81. The standard InChI is InChI=1S/C28H35N3O3/c1-30(2)20-11-12-23(25(16-20)33-3)28(27(32)34-4)17-19-8-7-14-31(18-19)15-13-22-21-9-5-6-10-24(21)29-26(22)28/h5-6,9-12,16,19,29H,7-8,13-15,17-18H2,1-4H3/t19-,28-/m1/s1. The van der Waals surface area contributed by atoms with Crippen molar-refractivity contribution in [2.75, 3.05) is 52.8 Å². The number of ether oxygens (including phenoxy) is 2. The Morgan fingerprint density at radius 2 is 1.97 bits per heavy atom. The number of carbonyl (C=O) groups is 1. The molecular weight excluding hydrogens is 426 g/mol. The monoisotopic (exact) mass is 461 g/mol. The van der Waals surface area contributed by atoms with E-state index in [4.69, 9.17) is 9.47 Å². The molecule has 1 aromatic heterocycles. The van der Waals surface area contributed by atoms with Gasteiger partial charge in [-0.15, -0.1) is 0 Å². The summed E-state index contributed by atoms with van der Waals surface area (Å²) in [5, 5.41) is 1.19. The average Bonchev–Trinajstić information content (AvgIpc) is 3.25. The number of aromatic nitrogens is 1. The van der Waals surface area contributed by atoms with Crippen LogP contribution in [0.15, 0.2) is 42.5 Å². The Labute approximate surface area is 201 Å². The molecule has 1 fully saturated rings. The van der Waals surface area contributed by atoms with Gasteiger partial charge in [-0.25, -0.2) is 0 Å². The van der Waals surface area contributed by atoms with Crippen molar-refractivity contribution >= 4 is 22.6 Å². The number of hydrogen-bond acceptors (Lipinski definition) is 5. The molecule has 180 valence electrons.